The molecular formula is C30H33ClN2O7. The fraction of sp³-hybridized carbons (Fsp3) is 0.467. The van der Waals surface area contributed by atoms with Crippen LogP contribution in [-0.4, -0.2) is 70.0 Å². The molecule has 1 saturated carbocycles. The standard InChI is InChI=1S/C30H33ClN2O7/c1-15(27(36)32-20-8-7-18(31)13-19(20)28(37)39-3)24(35)26-30-10-11-33(14-16-4-5-16)22(29(30,2)38)12-17-6-9-21(34)25(40-26)23(17)30/h6-9,13,16,22,26,34-35,38H,4-5,10-12,14H2,1-3H3,(H,32,36)/b24-15-/t22-,26+,29-,30+/m1/s1. The van der Waals surface area contributed by atoms with Gasteiger partial charge in [0.2, 0.25) is 0 Å². The molecule has 2 heterocycles. The summed E-state index contributed by atoms with van der Waals surface area (Å²) in [5.41, 5.74) is -0.550. The minimum Gasteiger partial charge on any atom is -0.508 e. The molecule has 6 rings (SSSR count). The van der Waals surface area contributed by atoms with Gasteiger partial charge in [-0.1, -0.05) is 17.7 Å². The van der Waals surface area contributed by atoms with E-state index < -0.39 is 29.0 Å². The van der Waals surface area contributed by atoms with Crippen molar-refractivity contribution >= 4 is 29.2 Å². The summed E-state index contributed by atoms with van der Waals surface area (Å²) in [7, 11) is 1.23. The van der Waals surface area contributed by atoms with Gasteiger partial charge >= 0.3 is 5.97 Å². The Labute approximate surface area is 237 Å². The van der Waals surface area contributed by atoms with E-state index in [0.29, 0.717) is 35.9 Å². The molecule has 1 saturated heterocycles. The minimum atomic E-state index is -1.32. The molecule has 4 N–H and O–H groups in total. The topological polar surface area (TPSA) is 129 Å². The van der Waals surface area contributed by atoms with Crippen LogP contribution < -0.4 is 10.1 Å². The maximum absolute atomic E-state index is 13.4. The maximum Gasteiger partial charge on any atom is 0.340 e. The van der Waals surface area contributed by atoms with Crippen LogP contribution in [0.25, 0.3) is 0 Å². The molecule has 2 aromatic rings. The van der Waals surface area contributed by atoms with Gasteiger partial charge in [-0.25, -0.2) is 4.79 Å². The first-order valence-corrected chi connectivity index (χ1v) is 13.9. The molecule has 0 radical (unpaired) electrons. The summed E-state index contributed by atoms with van der Waals surface area (Å²) < 4.78 is 11.1. The summed E-state index contributed by atoms with van der Waals surface area (Å²) in [6.07, 6.45) is 2.35. The number of hydrogen-bond donors (Lipinski definition) is 4. The van der Waals surface area contributed by atoms with E-state index >= 15 is 0 Å². The lowest BCUT2D eigenvalue weighted by Gasteiger charge is -2.59. The van der Waals surface area contributed by atoms with E-state index in [1.54, 1.807) is 13.0 Å². The number of methoxy groups -OCH3 is 1. The van der Waals surface area contributed by atoms with Crippen LogP contribution in [0, 0.1) is 5.92 Å². The number of nitrogens with zero attached hydrogens (tertiary/aromatic N) is 1. The second kappa shape index (κ2) is 9.39. The van der Waals surface area contributed by atoms with Gasteiger partial charge in [0.15, 0.2) is 17.6 Å². The highest BCUT2D eigenvalue weighted by Crippen LogP contribution is 2.63. The van der Waals surface area contributed by atoms with Gasteiger partial charge < -0.3 is 30.1 Å². The number of likely N-dealkylation sites (tertiary alicyclic amines) is 1. The lowest BCUT2D eigenvalue weighted by Crippen LogP contribution is -2.73. The van der Waals surface area contributed by atoms with Crippen molar-refractivity contribution in [1.82, 2.24) is 4.90 Å². The van der Waals surface area contributed by atoms with Crippen LogP contribution in [0.1, 0.15) is 54.6 Å². The van der Waals surface area contributed by atoms with Gasteiger partial charge in [-0.3, -0.25) is 9.69 Å². The van der Waals surface area contributed by atoms with Crippen molar-refractivity contribution in [2.45, 2.75) is 62.7 Å². The second-order valence-electron chi connectivity index (χ2n) is 11.6. The molecule has 4 aliphatic rings. The van der Waals surface area contributed by atoms with E-state index in [0.717, 1.165) is 12.1 Å². The number of halogens is 1. The third-order valence-electron chi connectivity index (χ3n) is 9.35. The molecule has 0 unspecified atom stereocenters. The van der Waals surface area contributed by atoms with E-state index in [4.69, 9.17) is 21.1 Å². The number of carbonyl (C=O) groups is 2. The predicted octanol–water partition coefficient (Wildman–Crippen LogP) is 4.09. The first-order valence-electron chi connectivity index (χ1n) is 13.6. The van der Waals surface area contributed by atoms with Gasteiger partial charge in [-0.05, 0) is 81.8 Å². The highest BCUT2D eigenvalue weighted by atomic mass is 35.5. The van der Waals surface area contributed by atoms with E-state index in [1.165, 1.54) is 45.1 Å². The van der Waals surface area contributed by atoms with Gasteiger partial charge in [0.05, 0.1) is 34.9 Å². The van der Waals surface area contributed by atoms with Crippen molar-refractivity contribution in [3.05, 3.63) is 63.4 Å². The molecule has 2 bridgehead atoms. The Kier molecular flexibility index (Phi) is 6.32. The van der Waals surface area contributed by atoms with Crippen LogP contribution in [-0.2, 0) is 21.4 Å². The fourth-order valence-corrected chi connectivity index (χ4v) is 7.18. The van der Waals surface area contributed by atoms with Crippen molar-refractivity contribution in [3.8, 4) is 11.5 Å². The van der Waals surface area contributed by atoms with Crippen LogP contribution in [0.4, 0.5) is 5.69 Å². The minimum absolute atomic E-state index is 0.0441. The average Bonchev–Trinajstić information content (AvgIpc) is 3.67. The largest absolute Gasteiger partial charge is 0.508 e. The van der Waals surface area contributed by atoms with E-state index in [2.05, 4.69) is 10.2 Å². The molecular weight excluding hydrogens is 536 g/mol. The van der Waals surface area contributed by atoms with Crippen molar-refractivity contribution in [1.29, 1.82) is 0 Å². The number of aliphatic hydroxyl groups excluding tert-OH is 1. The van der Waals surface area contributed by atoms with Gasteiger partial charge in [0, 0.05) is 23.2 Å². The quantitative estimate of drug-likeness (QED) is 0.233. The number of aromatic hydroxyl groups is 1. The molecule has 0 aromatic heterocycles. The number of aliphatic hydroxyl groups is 2. The summed E-state index contributed by atoms with van der Waals surface area (Å²) in [6, 6.07) is 7.63. The molecule has 1 amide bonds. The number of benzene rings is 2. The molecule has 2 aromatic carbocycles. The van der Waals surface area contributed by atoms with Crippen LogP contribution in [0.5, 0.6) is 11.5 Å². The van der Waals surface area contributed by atoms with Gasteiger partial charge in [-0.15, -0.1) is 0 Å². The van der Waals surface area contributed by atoms with Gasteiger partial charge in [-0.2, -0.15) is 0 Å². The van der Waals surface area contributed by atoms with Crippen LogP contribution >= 0.6 is 11.6 Å². The van der Waals surface area contributed by atoms with Crippen molar-refractivity contribution in [2.75, 3.05) is 25.5 Å². The Morgan fingerprint density at radius 1 is 1.25 bits per heavy atom. The second-order valence-corrected chi connectivity index (χ2v) is 12.1. The number of piperidine rings is 1. The Balaban J connectivity index is 1.40. The summed E-state index contributed by atoms with van der Waals surface area (Å²) in [5, 5.41) is 37.7. The SMILES string of the molecule is COC(=O)c1cc(Cl)ccc1NC(=O)/C(C)=C(\O)[C@@H]1Oc2c(O)ccc3c2[C@@]12CCN(CC1CC1)[C@H](C3)[C@@]2(C)O. The highest BCUT2D eigenvalue weighted by molar-refractivity contribution is 6.31. The lowest BCUT2D eigenvalue weighted by molar-refractivity contribution is -0.153. The molecule has 9 nitrogen and oxygen atoms in total. The van der Waals surface area contributed by atoms with Crippen LogP contribution in [0.15, 0.2) is 41.7 Å². The number of phenolic OH excluding ortho intramolecular Hbond substituents is 1. The number of nitrogens with one attached hydrogen (secondary N) is 1. The molecule has 2 aliphatic carbocycles. The van der Waals surface area contributed by atoms with Crippen LogP contribution in [0.2, 0.25) is 5.02 Å². The van der Waals surface area contributed by atoms with Gasteiger partial charge in [0.1, 0.15) is 5.76 Å². The van der Waals surface area contributed by atoms with Crippen LogP contribution in [0.3, 0.4) is 0 Å². The normalized spacial score (nSPS) is 29.2. The average molecular weight is 569 g/mol. The zero-order chi connectivity index (χ0) is 28.6. The molecule has 2 aliphatic heterocycles. The highest BCUT2D eigenvalue weighted by Gasteiger charge is 2.69. The maximum atomic E-state index is 13.4. The fourth-order valence-electron chi connectivity index (χ4n) is 7.01. The molecule has 4 atom stereocenters. The number of ether oxygens (including phenoxy) is 2. The number of esters is 1. The van der Waals surface area contributed by atoms with Crippen molar-refractivity contribution in [3.63, 3.8) is 0 Å². The lowest BCUT2D eigenvalue weighted by atomic mass is 9.53. The summed E-state index contributed by atoms with van der Waals surface area (Å²) in [6.45, 7) is 4.85. The molecule has 2 fully saturated rings. The number of hydrogen-bond acceptors (Lipinski definition) is 8. The number of fused-ring (bicyclic) bond motifs is 1. The Bertz CT molecular complexity index is 1450. The van der Waals surface area contributed by atoms with E-state index in [1.807, 2.05) is 6.07 Å². The number of carbonyl (C=O) groups excluding carboxylic acids is 2. The number of amides is 1. The number of anilines is 1. The van der Waals surface area contributed by atoms with E-state index in [-0.39, 0.29) is 40.1 Å². The molecule has 40 heavy (non-hydrogen) atoms. The monoisotopic (exact) mass is 568 g/mol. The summed E-state index contributed by atoms with van der Waals surface area (Å²) >= 11 is 6.04. The third-order valence-corrected chi connectivity index (χ3v) is 9.59. The molecule has 1 spiro atoms. The van der Waals surface area contributed by atoms with Gasteiger partial charge in [0.25, 0.3) is 5.91 Å². The Morgan fingerprint density at radius 2 is 2.00 bits per heavy atom. The van der Waals surface area contributed by atoms with Crippen molar-refractivity contribution < 1.29 is 34.4 Å². The first-order chi connectivity index (χ1) is 19.0. The summed E-state index contributed by atoms with van der Waals surface area (Å²) in [5.74, 6) is -0.884. The Morgan fingerprint density at radius 3 is 2.70 bits per heavy atom. The smallest absolute Gasteiger partial charge is 0.340 e. The molecule has 10 heteroatoms. The predicted molar refractivity (Wildman–Crippen MR) is 148 cm³/mol. The van der Waals surface area contributed by atoms with Crippen molar-refractivity contribution in [2.24, 2.45) is 5.92 Å². The zero-order valence-electron chi connectivity index (χ0n) is 22.7. The number of phenols is 1. The Hall–Kier alpha value is -3.27. The first kappa shape index (κ1) is 26.9. The summed E-state index contributed by atoms with van der Waals surface area (Å²) in [4.78, 5) is 28.0. The third kappa shape index (κ3) is 3.89. The van der Waals surface area contributed by atoms with E-state index in [9.17, 15) is 24.9 Å². The number of rotatable bonds is 6. The molecule has 212 valence electrons. The zero-order valence-corrected chi connectivity index (χ0v) is 23.4.